The number of hydrogen-bond donors (Lipinski definition) is 2. The van der Waals surface area contributed by atoms with E-state index in [2.05, 4.69) is 26.9 Å². The second-order valence-electron chi connectivity index (χ2n) is 8.58. The average molecular weight is 408 g/mol. The van der Waals surface area contributed by atoms with Gasteiger partial charge in [0.15, 0.2) is 0 Å². The Kier molecular flexibility index (Phi) is 5.09. The molecule has 0 unspecified atom stereocenters. The number of sulfonamides is 1. The van der Waals surface area contributed by atoms with Gasteiger partial charge in [-0.15, -0.1) is 0 Å². The third-order valence-corrected chi connectivity index (χ3v) is 8.28. The predicted octanol–water partition coefficient (Wildman–Crippen LogP) is 1.74. The van der Waals surface area contributed by atoms with Crippen LogP contribution in [0.3, 0.4) is 0 Å². The van der Waals surface area contributed by atoms with Gasteiger partial charge in [0, 0.05) is 32.4 Å². The van der Waals surface area contributed by atoms with Crippen LogP contribution in [0.4, 0.5) is 5.82 Å². The van der Waals surface area contributed by atoms with Crippen molar-refractivity contribution in [2.75, 3.05) is 30.8 Å². The predicted molar refractivity (Wildman–Crippen MR) is 109 cm³/mol. The van der Waals surface area contributed by atoms with Crippen LogP contribution in [-0.4, -0.2) is 70.3 Å². The molecule has 1 atom stereocenters. The molecule has 0 spiro atoms. The molecule has 1 aliphatic carbocycles. The first-order valence-corrected chi connectivity index (χ1v) is 11.6. The van der Waals surface area contributed by atoms with Gasteiger partial charge in [-0.05, 0) is 51.0 Å². The Morgan fingerprint density at radius 3 is 2.75 bits per heavy atom. The van der Waals surface area contributed by atoms with E-state index in [0.29, 0.717) is 19.0 Å². The zero-order valence-electron chi connectivity index (χ0n) is 16.5. The molecule has 1 aliphatic heterocycles. The SMILES string of the molecule is CN(c1ncnc2[nH]ccc12)[C@H]1CC[C@H](CS(=O)(=O)N2CC[C@](C)(O)C2)CC1. The number of nitrogens with one attached hydrogen (secondary N) is 1. The molecule has 0 bridgehead atoms. The molecule has 2 fully saturated rings. The first kappa shape index (κ1) is 19.6. The molecular weight excluding hydrogens is 378 g/mol. The van der Waals surface area contributed by atoms with Gasteiger partial charge in [-0.1, -0.05) is 0 Å². The highest BCUT2D eigenvalue weighted by Crippen LogP contribution is 2.33. The van der Waals surface area contributed by atoms with Crippen molar-refractivity contribution in [3.05, 3.63) is 18.6 Å². The van der Waals surface area contributed by atoms with Crippen LogP contribution in [-0.2, 0) is 10.0 Å². The van der Waals surface area contributed by atoms with Crippen molar-refractivity contribution in [3.63, 3.8) is 0 Å². The number of rotatable bonds is 5. The van der Waals surface area contributed by atoms with Crippen LogP contribution >= 0.6 is 0 Å². The quantitative estimate of drug-likeness (QED) is 0.783. The smallest absolute Gasteiger partial charge is 0.214 e. The molecule has 0 radical (unpaired) electrons. The molecule has 4 rings (SSSR count). The summed E-state index contributed by atoms with van der Waals surface area (Å²) >= 11 is 0. The molecule has 8 nitrogen and oxygen atoms in total. The summed E-state index contributed by atoms with van der Waals surface area (Å²) < 4.78 is 26.9. The van der Waals surface area contributed by atoms with E-state index in [0.717, 1.165) is 42.5 Å². The molecule has 9 heteroatoms. The lowest BCUT2D eigenvalue weighted by Gasteiger charge is -2.35. The lowest BCUT2D eigenvalue weighted by Crippen LogP contribution is -2.40. The molecule has 0 aromatic carbocycles. The summed E-state index contributed by atoms with van der Waals surface area (Å²) in [6, 6.07) is 2.34. The minimum atomic E-state index is -3.31. The molecule has 0 amide bonds. The third-order valence-electron chi connectivity index (χ3n) is 6.29. The van der Waals surface area contributed by atoms with Crippen molar-refractivity contribution in [2.24, 2.45) is 5.92 Å². The second-order valence-corrected chi connectivity index (χ2v) is 10.6. The topological polar surface area (TPSA) is 102 Å². The maximum absolute atomic E-state index is 12.7. The monoisotopic (exact) mass is 407 g/mol. The van der Waals surface area contributed by atoms with Crippen LogP contribution in [0, 0.1) is 5.92 Å². The number of H-pyrrole nitrogens is 1. The van der Waals surface area contributed by atoms with E-state index in [9.17, 15) is 13.5 Å². The summed E-state index contributed by atoms with van der Waals surface area (Å²) in [6.07, 6.45) is 7.63. The molecule has 1 saturated heterocycles. The van der Waals surface area contributed by atoms with Crippen LogP contribution in [0.1, 0.15) is 39.0 Å². The highest BCUT2D eigenvalue weighted by atomic mass is 32.2. The van der Waals surface area contributed by atoms with Gasteiger partial charge in [0.2, 0.25) is 10.0 Å². The minimum absolute atomic E-state index is 0.179. The standard InChI is InChI=1S/C19H29N5O3S/c1-19(25)8-10-24(12-19)28(26,27)11-14-3-5-15(6-4-14)23(2)18-16-7-9-20-17(16)21-13-22-18/h7,9,13-15,25H,3-6,8,10-12H2,1-2H3,(H,20,21,22)/t14-,15-,19-/m0/s1. The average Bonchev–Trinajstić information content (AvgIpc) is 3.27. The van der Waals surface area contributed by atoms with Crippen LogP contribution < -0.4 is 4.90 Å². The summed E-state index contributed by atoms with van der Waals surface area (Å²) in [5, 5.41) is 11.1. The Balaban J connectivity index is 1.36. The van der Waals surface area contributed by atoms with Crippen molar-refractivity contribution in [3.8, 4) is 0 Å². The number of anilines is 1. The van der Waals surface area contributed by atoms with Gasteiger partial charge >= 0.3 is 0 Å². The van der Waals surface area contributed by atoms with Crippen molar-refractivity contribution < 1.29 is 13.5 Å². The van der Waals surface area contributed by atoms with Crippen LogP contribution in [0.25, 0.3) is 11.0 Å². The molecule has 3 heterocycles. The fraction of sp³-hybridized carbons (Fsp3) is 0.684. The van der Waals surface area contributed by atoms with Crippen molar-refractivity contribution in [1.82, 2.24) is 19.3 Å². The number of fused-ring (bicyclic) bond motifs is 1. The Bertz CT molecular complexity index is 934. The highest BCUT2D eigenvalue weighted by Gasteiger charge is 2.39. The van der Waals surface area contributed by atoms with E-state index in [1.807, 2.05) is 12.3 Å². The van der Waals surface area contributed by atoms with E-state index in [-0.39, 0.29) is 18.2 Å². The molecular formula is C19H29N5O3S. The van der Waals surface area contributed by atoms with E-state index in [1.165, 1.54) is 4.31 Å². The lowest BCUT2D eigenvalue weighted by atomic mass is 9.86. The summed E-state index contributed by atoms with van der Waals surface area (Å²) in [6.45, 7) is 2.35. The molecule has 1 saturated carbocycles. The summed E-state index contributed by atoms with van der Waals surface area (Å²) in [5.74, 6) is 1.29. The maximum Gasteiger partial charge on any atom is 0.214 e. The Labute approximate surface area is 166 Å². The lowest BCUT2D eigenvalue weighted by molar-refractivity contribution is 0.0762. The number of aliphatic hydroxyl groups is 1. The van der Waals surface area contributed by atoms with Crippen LogP contribution in [0.2, 0.25) is 0 Å². The highest BCUT2D eigenvalue weighted by molar-refractivity contribution is 7.89. The van der Waals surface area contributed by atoms with E-state index < -0.39 is 15.6 Å². The van der Waals surface area contributed by atoms with Crippen LogP contribution in [0.5, 0.6) is 0 Å². The van der Waals surface area contributed by atoms with Gasteiger partial charge in [-0.25, -0.2) is 18.4 Å². The largest absolute Gasteiger partial charge is 0.389 e. The Hall–Kier alpha value is -1.71. The van der Waals surface area contributed by atoms with Crippen molar-refractivity contribution >= 4 is 26.9 Å². The van der Waals surface area contributed by atoms with E-state index in [1.54, 1.807) is 13.3 Å². The van der Waals surface area contributed by atoms with Crippen LogP contribution in [0.15, 0.2) is 18.6 Å². The van der Waals surface area contributed by atoms with Gasteiger partial charge in [-0.3, -0.25) is 0 Å². The summed E-state index contributed by atoms with van der Waals surface area (Å²) in [5.41, 5.74) is -0.0627. The maximum atomic E-state index is 12.7. The van der Waals surface area contributed by atoms with Gasteiger partial charge in [-0.2, -0.15) is 4.31 Å². The normalized spacial score (nSPS) is 29.4. The van der Waals surface area contributed by atoms with Gasteiger partial charge in [0.05, 0.1) is 16.7 Å². The van der Waals surface area contributed by atoms with Crippen molar-refractivity contribution in [1.29, 1.82) is 0 Å². The minimum Gasteiger partial charge on any atom is -0.389 e. The molecule has 2 aliphatic rings. The number of aromatic nitrogens is 3. The molecule has 2 aromatic rings. The first-order chi connectivity index (χ1) is 13.3. The molecule has 28 heavy (non-hydrogen) atoms. The number of nitrogens with zero attached hydrogens (tertiary/aromatic N) is 4. The van der Waals surface area contributed by atoms with Gasteiger partial charge in [0.25, 0.3) is 0 Å². The number of β-amino-alcohol motifs (C(OH)–C–C–N with tert-alkyl or cyclic N) is 1. The Morgan fingerprint density at radius 1 is 1.32 bits per heavy atom. The van der Waals surface area contributed by atoms with Crippen molar-refractivity contribution in [2.45, 2.75) is 50.7 Å². The van der Waals surface area contributed by atoms with E-state index >= 15 is 0 Å². The van der Waals surface area contributed by atoms with Gasteiger partial charge < -0.3 is 15.0 Å². The first-order valence-electron chi connectivity index (χ1n) is 9.96. The zero-order chi connectivity index (χ0) is 19.9. The third kappa shape index (κ3) is 3.88. The molecule has 2 aromatic heterocycles. The molecule has 2 N–H and O–H groups in total. The van der Waals surface area contributed by atoms with E-state index in [4.69, 9.17) is 0 Å². The second kappa shape index (κ2) is 7.27. The Morgan fingerprint density at radius 2 is 2.07 bits per heavy atom. The molecule has 154 valence electrons. The number of aromatic amines is 1. The van der Waals surface area contributed by atoms with Gasteiger partial charge in [0.1, 0.15) is 17.8 Å². The fourth-order valence-corrected chi connectivity index (χ4v) is 6.54. The zero-order valence-corrected chi connectivity index (χ0v) is 17.3. The number of hydrogen-bond acceptors (Lipinski definition) is 6. The summed E-state index contributed by atoms with van der Waals surface area (Å²) in [7, 11) is -1.25. The summed E-state index contributed by atoms with van der Waals surface area (Å²) in [4.78, 5) is 14.0. The fourth-order valence-electron chi connectivity index (χ4n) is 4.56.